The second kappa shape index (κ2) is 8.31. The fraction of sp³-hybridized carbons (Fsp3) is 0.583. The summed E-state index contributed by atoms with van der Waals surface area (Å²) in [6, 6.07) is 6.13. The van der Waals surface area contributed by atoms with Gasteiger partial charge in [-0.05, 0) is 37.8 Å². The number of amides is 1. The average molecular weight is 435 g/mol. The molecule has 1 aliphatic carbocycles. The Morgan fingerprint density at radius 1 is 1.00 bits per heavy atom. The lowest BCUT2D eigenvalue weighted by Crippen LogP contribution is -2.52. The van der Waals surface area contributed by atoms with Gasteiger partial charge in [0.1, 0.15) is 17.6 Å². The Bertz CT molecular complexity index is 973. The first-order valence-corrected chi connectivity index (χ1v) is 12.0. The van der Waals surface area contributed by atoms with E-state index in [1.54, 1.807) is 6.20 Å². The summed E-state index contributed by atoms with van der Waals surface area (Å²) in [7, 11) is 0. The first-order chi connectivity index (χ1) is 15.7. The summed E-state index contributed by atoms with van der Waals surface area (Å²) in [5, 5.41) is 0. The number of carbonyl (C=O) groups is 1. The first-order valence-electron chi connectivity index (χ1n) is 12.0. The zero-order chi connectivity index (χ0) is 21.5. The number of fused-ring (bicyclic) bond motifs is 1. The smallest absolute Gasteiger partial charge is 0.272 e. The van der Waals surface area contributed by atoms with Crippen LogP contribution in [0.15, 0.2) is 30.6 Å². The molecule has 0 unspecified atom stereocenters. The predicted molar refractivity (Wildman–Crippen MR) is 120 cm³/mol. The van der Waals surface area contributed by atoms with Gasteiger partial charge >= 0.3 is 0 Å². The second-order valence-corrected chi connectivity index (χ2v) is 9.50. The van der Waals surface area contributed by atoms with Crippen LogP contribution in [0.2, 0.25) is 0 Å². The van der Waals surface area contributed by atoms with Crippen molar-refractivity contribution in [1.29, 1.82) is 0 Å². The van der Waals surface area contributed by atoms with Gasteiger partial charge in [0.25, 0.3) is 5.91 Å². The van der Waals surface area contributed by atoms with E-state index in [0.29, 0.717) is 23.5 Å². The van der Waals surface area contributed by atoms with Gasteiger partial charge in [-0.3, -0.25) is 14.7 Å². The van der Waals surface area contributed by atoms with Crippen molar-refractivity contribution < 1.29 is 9.53 Å². The molecule has 32 heavy (non-hydrogen) atoms. The van der Waals surface area contributed by atoms with E-state index in [9.17, 15) is 4.79 Å². The summed E-state index contributed by atoms with van der Waals surface area (Å²) in [5.41, 5.74) is 1.64. The molecule has 5 heterocycles. The maximum Gasteiger partial charge on any atom is 0.272 e. The highest BCUT2D eigenvalue weighted by molar-refractivity contribution is 5.92. The Hall–Kier alpha value is -2.74. The fourth-order valence-corrected chi connectivity index (χ4v) is 5.24. The maximum atomic E-state index is 13.2. The van der Waals surface area contributed by atoms with Crippen molar-refractivity contribution in [3.8, 4) is 5.88 Å². The van der Waals surface area contributed by atoms with Crippen LogP contribution in [0.25, 0.3) is 0 Å². The SMILES string of the molecule is O=C(c1cccc(N2CCCC2)n1)N1CCN2C[C@H](Oc3cnc(C4CC4)cn3)C[C@H]2C1. The third-order valence-corrected chi connectivity index (χ3v) is 7.18. The highest BCUT2D eigenvalue weighted by Gasteiger charge is 2.39. The van der Waals surface area contributed by atoms with Crippen molar-refractivity contribution in [2.75, 3.05) is 44.2 Å². The number of anilines is 1. The van der Waals surface area contributed by atoms with E-state index in [1.807, 2.05) is 29.3 Å². The number of pyridine rings is 1. The number of rotatable bonds is 5. The molecule has 1 amide bonds. The molecule has 0 spiro atoms. The van der Waals surface area contributed by atoms with Crippen LogP contribution >= 0.6 is 0 Å². The lowest BCUT2D eigenvalue weighted by molar-refractivity contribution is 0.0564. The molecule has 2 aromatic rings. The Morgan fingerprint density at radius 3 is 2.66 bits per heavy atom. The monoisotopic (exact) mass is 434 g/mol. The van der Waals surface area contributed by atoms with Gasteiger partial charge in [-0.2, -0.15) is 0 Å². The molecular weight excluding hydrogens is 404 g/mol. The molecule has 0 aromatic carbocycles. The topological polar surface area (TPSA) is 74.7 Å². The molecule has 0 N–H and O–H groups in total. The van der Waals surface area contributed by atoms with Crippen LogP contribution in [0.1, 0.15) is 54.2 Å². The van der Waals surface area contributed by atoms with Crippen molar-refractivity contribution >= 4 is 11.7 Å². The van der Waals surface area contributed by atoms with E-state index < -0.39 is 0 Å². The van der Waals surface area contributed by atoms with Crippen LogP contribution < -0.4 is 9.64 Å². The predicted octanol–water partition coefficient (Wildman–Crippen LogP) is 2.33. The minimum Gasteiger partial charge on any atom is -0.472 e. The van der Waals surface area contributed by atoms with Gasteiger partial charge in [0, 0.05) is 57.6 Å². The molecule has 0 radical (unpaired) electrons. The van der Waals surface area contributed by atoms with Gasteiger partial charge in [0.05, 0.1) is 18.1 Å². The maximum absolute atomic E-state index is 13.2. The summed E-state index contributed by atoms with van der Waals surface area (Å²) in [5.74, 6) is 2.17. The number of ether oxygens (including phenoxy) is 1. The van der Waals surface area contributed by atoms with E-state index >= 15 is 0 Å². The third kappa shape index (κ3) is 4.03. The minimum atomic E-state index is 0.0385. The summed E-state index contributed by atoms with van der Waals surface area (Å²) in [6.07, 6.45) is 9.46. The molecule has 3 saturated heterocycles. The van der Waals surface area contributed by atoms with Crippen molar-refractivity contribution in [3.05, 3.63) is 42.0 Å². The lowest BCUT2D eigenvalue weighted by atomic mass is 10.1. The Labute approximate surface area is 188 Å². The van der Waals surface area contributed by atoms with Gasteiger partial charge in [-0.15, -0.1) is 0 Å². The standard InChI is InChI=1S/C24H30N6O2/c31-24(20-4-3-5-22(27-20)28-8-1-2-9-28)30-11-10-29-16-19(12-18(29)15-30)32-23-14-25-21(13-26-23)17-6-7-17/h3-5,13-14,17-19H,1-2,6-12,15-16H2/t18-,19+/m0/s1. The Kier molecular flexibility index (Phi) is 5.17. The molecule has 4 fully saturated rings. The largest absolute Gasteiger partial charge is 0.472 e. The van der Waals surface area contributed by atoms with Gasteiger partial charge in [0.2, 0.25) is 5.88 Å². The van der Waals surface area contributed by atoms with Crippen LogP contribution in [0.5, 0.6) is 5.88 Å². The van der Waals surface area contributed by atoms with Gasteiger partial charge in [-0.25, -0.2) is 9.97 Å². The van der Waals surface area contributed by atoms with Crippen LogP contribution in [-0.4, -0.2) is 82.1 Å². The van der Waals surface area contributed by atoms with Gasteiger partial charge in [0.15, 0.2) is 0 Å². The molecule has 6 rings (SSSR count). The third-order valence-electron chi connectivity index (χ3n) is 7.18. The molecule has 0 bridgehead atoms. The molecule has 8 heteroatoms. The molecule has 4 aliphatic rings. The minimum absolute atomic E-state index is 0.0385. The number of aromatic nitrogens is 3. The molecule has 1 saturated carbocycles. The van der Waals surface area contributed by atoms with Crippen LogP contribution in [0.4, 0.5) is 5.82 Å². The van der Waals surface area contributed by atoms with E-state index in [4.69, 9.17) is 9.72 Å². The molecule has 3 aliphatic heterocycles. The van der Waals surface area contributed by atoms with Crippen LogP contribution in [-0.2, 0) is 0 Å². The summed E-state index contributed by atoms with van der Waals surface area (Å²) < 4.78 is 6.14. The number of hydrogen-bond acceptors (Lipinski definition) is 7. The number of nitrogens with zero attached hydrogens (tertiary/aromatic N) is 6. The Balaban J connectivity index is 1.07. The molecule has 2 aromatic heterocycles. The van der Waals surface area contributed by atoms with E-state index in [2.05, 4.69) is 19.8 Å². The lowest BCUT2D eigenvalue weighted by Gasteiger charge is -2.37. The number of piperazine rings is 1. The van der Waals surface area contributed by atoms with Crippen molar-refractivity contribution in [3.63, 3.8) is 0 Å². The Morgan fingerprint density at radius 2 is 1.88 bits per heavy atom. The zero-order valence-corrected chi connectivity index (χ0v) is 18.4. The van der Waals surface area contributed by atoms with Crippen LogP contribution in [0, 0.1) is 0 Å². The van der Waals surface area contributed by atoms with Crippen LogP contribution in [0.3, 0.4) is 0 Å². The van der Waals surface area contributed by atoms with E-state index in [-0.39, 0.29) is 12.0 Å². The molecule has 2 atom stereocenters. The summed E-state index contributed by atoms with van der Waals surface area (Å²) in [6.45, 7) is 5.25. The number of hydrogen-bond donors (Lipinski definition) is 0. The molecular formula is C24H30N6O2. The normalized spacial score (nSPS) is 25.8. The average Bonchev–Trinajstić information content (AvgIpc) is 3.37. The van der Waals surface area contributed by atoms with Gasteiger partial charge < -0.3 is 14.5 Å². The molecule has 8 nitrogen and oxygen atoms in total. The first kappa shape index (κ1) is 19.9. The quantitative estimate of drug-likeness (QED) is 0.715. The highest BCUT2D eigenvalue weighted by atomic mass is 16.5. The van der Waals surface area contributed by atoms with Crippen molar-refractivity contribution in [2.24, 2.45) is 0 Å². The summed E-state index contributed by atoms with van der Waals surface area (Å²) in [4.78, 5) is 33.5. The van der Waals surface area contributed by atoms with Crippen molar-refractivity contribution in [1.82, 2.24) is 24.8 Å². The zero-order valence-electron chi connectivity index (χ0n) is 18.4. The van der Waals surface area contributed by atoms with Crippen molar-refractivity contribution in [2.45, 2.75) is 50.2 Å². The summed E-state index contributed by atoms with van der Waals surface area (Å²) >= 11 is 0. The molecule has 168 valence electrons. The highest BCUT2D eigenvalue weighted by Crippen LogP contribution is 2.38. The number of carbonyl (C=O) groups excluding carboxylic acids is 1. The second-order valence-electron chi connectivity index (χ2n) is 9.50. The van der Waals surface area contributed by atoms with Gasteiger partial charge in [-0.1, -0.05) is 6.07 Å². The fourth-order valence-electron chi connectivity index (χ4n) is 5.24. The van der Waals surface area contributed by atoms with E-state index in [1.165, 1.54) is 25.7 Å². The van der Waals surface area contributed by atoms with E-state index in [0.717, 1.165) is 57.2 Å².